The molecule has 15 heavy (non-hydrogen) atoms. The van der Waals surface area contributed by atoms with Crippen LogP contribution in [0.2, 0.25) is 0 Å². The first-order chi connectivity index (χ1) is 7.24. The molecular weight excluding hydrogens is 210 g/mol. The summed E-state index contributed by atoms with van der Waals surface area (Å²) in [5.74, 6) is 2.13. The first-order valence-corrected chi connectivity index (χ1v) is 5.49. The molecule has 0 bridgehead atoms. The van der Waals surface area contributed by atoms with Crippen molar-refractivity contribution in [3.05, 3.63) is 35.9 Å². The van der Waals surface area contributed by atoms with Gasteiger partial charge in [0.2, 0.25) is 0 Å². The van der Waals surface area contributed by atoms with Gasteiger partial charge in [-0.25, -0.2) is 9.97 Å². The number of aryl methyl sites for hydroxylation is 1. The molecule has 2 aromatic rings. The lowest BCUT2D eigenvalue weighted by molar-refractivity contribution is 0.530. The Balaban J connectivity index is 2.05. The zero-order valence-electron chi connectivity index (χ0n) is 8.30. The SMILES string of the molecule is Cc1cc(N)nc(SCc2ccco2)n1. The van der Waals surface area contributed by atoms with E-state index in [2.05, 4.69) is 9.97 Å². The van der Waals surface area contributed by atoms with Crippen molar-refractivity contribution in [3.63, 3.8) is 0 Å². The highest BCUT2D eigenvalue weighted by molar-refractivity contribution is 7.98. The lowest BCUT2D eigenvalue weighted by atomic mass is 10.4. The van der Waals surface area contributed by atoms with Crippen molar-refractivity contribution in [2.45, 2.75) is 17.8 Å². The van der Waals surface area contributed by atoms with Crippen LogP contribution in [0, 0.1) is 6.92 Å². The van der Waals surface area contributed by atoms with Crippen LogP contribution >= 0.6 is 11.8 Å². The van der Waals surface area contributed by atoms with Crippen LogP contribution in [0.3, 0.4) is 0 Å². The fourth-order valence-electron chi connectivity index (χ4n) is 1.16. The van der Waals surface area contributed by atoms with Gasteiger partial charge in [0, 0.05) is 11.8 Å². The summed E-state index contributed by atoms with van der Waals surface area (Å²) in [6, 6.07) is 5.53. The average molecular weight is 221 g/mol. The van der Waals surface area contributed by atoms with E-state index in [9.17, 15) is 0 Å². The minimum Gasteiger partial charge on any atom is -0.468 e. The van der Waals surface area contributed by atoms with E-state index in [1.54, 1.807) is 12.3 Å². The molecule has 4 nitrogen and oxygen atoms in total. The van der Waals surface area contributed by atoms with Crippen molar-refractivity contribution < 1.29 is 4.42 Å². The van der Waals surface area contributed by atoms with E-state index in [1.807, 2.05) is 19.1 Å². The summed E-state index contributed by atoms with van der Waals surface area (Å²) in [6.07, 6.45) is 1.65. The number of nitrogens with two attached hydrogens (primary N) is 1. The Hall–Kier alpha value is -1.49. The summed E-state index contributed by atoms with van der Waals surface area (Å²) in [5, 5.41) is 0.684. The van der Waals surface area contributed by atoms with Crippen molar-refractivity contribution in [1.29, 1.82) is 0 Å². The maximum Gasteiger partial charge on any atom is 0.190 e. The largest absolute Gasteiger partial charge is 0.468 e. The number of hydrogen-bond acceptors (Lipinski definition) is 5. The first-order valence-electron chi connectivity index (χ1n) is 4.50. The topological polar surface area (TPSA) is 64.9 Å². The van der Waals surface area contributed by atoms with Crippen LogP contribution in [0.5, 0.6) is 0 Å². The van der Waals surface area contributed by atoms with E-state index in [4.69, 9.17) is 10.2 Å². The van der Waals surface area contributed by atoms with Crippen molar-refractivity contribution in [2.24, 2.45) is 0 Å². The highest BCUT2D eigenvalue weighted by atomic mass is 32.2. The Morgan fingerprint density at radius 1 is 1.47 bits per heavy atom. The predicted octanol–water partition coefficient (Wildman–Crippen LogP) is 2.25. The van der Waals surface area contributed by atoms with Gasteiger partial charge in [-0.05, 0) is 19.1 Å². The molecule has 0 spiro atoms. The van der Waals surface area contributed by atoms with Crippen molar-refractivity contribution >= 4 is 17.6 Å². The lowest BCUT2D eigenvalue weighted by Crippen LogP contribution is -1.96. The Morgan fingerprint density at radius 2 is 2.33 bits per heavy atom. The van der Waals surface area contributed by atoms with Gasteiger partial charge >= 0.3 is 0 Å². The summed E-state index contributed by atoms with van der Waals surface area (Å²) in [6.45, 7) is 1.90. The number of hydrogen-bond donors (Lipinski definition) is 1. The zero-order chi connectivity index (χ0) is 10.7. The first kappa shape index (κ1) is 10.0. The van der Waals surface area contributed by atoms with E-state index in [-0.39, 0.29) is 0 Å². The molecule has 0 aliphatic heterocycles. The summed E-state index contributed by atoms with van der Waals surface area (Å²) in [5.41, 5.74) is 6.50. The minimum atomic E-state index is 0.504. The quantitative estimate of drug-likeness (QED) is 0.636. The summed E-state index contributed by atoms with van der Waals surface area (Å²) in [4.78, 5) is 8.39. The molecule has 0 amide bonds. The lowest BCUT2D eigenvalue weighted by Gasteiger charge is -2.00. The molecule has 2 aromatic heterocycles. The van der Waals surface area contributed by atoms with Gasteiger partial charge in [0.15, 0.2) is 5.16 Å². The van der Waals surface area contributed by atoms with Crippen LogP contribution in [-0.2, 0) is 5.75 Å². The van der Waals surface area contributed by atoms with E-state index < -0.39 is 0 Å². The summed E-state index contributed by atoms with van der Waals surface area (Å²) in [7, 11) is 0. The Morgan fingerprint density at radius 3 is 3.00 bits per heavy atom. The van der Waals surface area contributed by atoms with Crippen LogP contribution in [0.1, 0.15) is 11.5 Å². The zero-order valence-corrected chi connectivity index (χ0v) is 9.12. The Kier molecular flexibility index (Phi) is 2.91. The molecule has 0 aliphatic carbocycles. The monoisotopic (exact) mass is 221 g/mol. The third-order valence-electron chi connectivity index (χ3n) is 1.78. The van der Waals surface area contributed by atoms with Crippen LogP contribution in [-0.4, -0.2) is 9.97 Å². The number of aromatic nitrogens is 2. The van der Waals surface area contributed by atoms with E-state index in [0.29, 0.717) is 11.0 Å². The van der Waals surface area contributed by atoms with E-state index in [1.165, 1.54) is 11.8 Å². The number of furan rings is 1. The van der Waals surface area contributed by atoms with Crippen LogP contribution in [0.25, 0.3) is 0 Å². The fraction of sp³-hybridized carbons (Fsp3) is 0.200. The molecule has 0 fully saturated rings. The second kappa shape index (κ2) is 4.35. The van der Waals surface area contributed by atoms with Gasteiger partial charge in [-0.1, -0.05) is 11.8 Å². The average Bonchev–Trinajstić information content (AvgIpc) is 2.65. The summed E-state index contributed by atoms with van der Waals surface area (Å²) < 4.78 is 5.21. The van der Waals surface area contributed by atoms with Gasteiger partial charge in [0.1, 0.15) is 11.6 Å². The second-order valence-corrected chi connectivity index (χ2v) is 4.03. The number of anilines is 1. The van der Waals surface area contributed by atoms with Gasteiger partial charge in [0.25, 0.3) is 0 Å². The van der Waals surface area contributed by atoms with Crippen molar-refractivity contribution in [1.82, 2.24) is 9.97 Å². The molecular formula is C10H11N3OS. The minimum absolute atomic E-state index is 0.504. The molecule has 78 valence electrons. The highest BCUT2D eigenvalue weighted by Crippen LogP contribution is 2.20. The van der Waals surface area contributed by atoms with Crippen LogP contribution < -0.4 is 5.73 Å². The number of nitrogen functional groups attached to an aromatic ring is 1. The predicted molar refractivity (Wildman–Crippen MR) is 59.5 cm³/mol. The summed E-state index contributed by atoms with van der Waals surface area (Å²) >= 11 is 1.51. The van der Waals surface area contributed by atoms with Crippen LogP contribution in [0.15, 0.2) is 34.0 Å². The Labute approximate surface area is 91.9 Å². The van der Waals surface area contributed by atoms with Crippen LogP contribution in [0.4, 0.5) is 5.82 Å². The Bertz CT molecular complexity index is 422. The van der Waals surface area contributed by atoms with Gasteiger partial charge in [0.05, 0.1) is 12.0 Å². The van der Waals surface area contributed by atoms with Crippen molar-refractivity contribution in [2.75, 3.05) is 5.73 Å². The smallest absolute Gasteiger partial charge is 0.190 e. The van der Waals surface area contributed by atoms with Gasteiger partial charge in [-0.15, -0.1) is 0 Å². The third kappa shape index (κ3) is 2.73. The van der Waals surface area contributed by atoms with Gasteiger partial charge in [-0.3, -0.25) is 0 Å². The van der Waals surface area contributed by atoms with Crippen molar-refractivity contribution in [3.8, 4) is 0 Å². The highest BCUT2D eigenvalue weighted by Gasteiger charge is 2.02. The molecule has 0 unspecified atom stereocenters. The molecule has 0 saturated heterocycles. The maximum atomic E-state index is 5.62. The molecule has 2 rings (SSSR count). The molecule has 2 heterocycles. The molecule has 5 heteroatoms. The fourth-order valence-corrected chi connectivity index (χ4v) is 1.97. The van der Waals surface area contributed by atoms with E-state index >= 15 is 0 Å². The molecule has 0 saturated carbocycles. The molecule has 0 atom stereocenters. The normalized spacial score (nSPS) is 10.5. The molecule has 2 N–H and O–H groups in total. The molecule has 0 aromatic carbocycles. The number of nitrogens with zero attached hydrogens (tertiary/aromatic N) is 2. The number of thioether (sulfide) groups is 1. The van der Waals surface area contributed by atoms with E-state index in [0.717, 1.165) is 17.2 Å². The van der Waals surface area contributed by atoms with Gasteiger partial charge < -0.3 is 10.2 Å². The molecule has 0 aliphatic rings. The second-order valence-electron chi connectivity index (χ2n) is 3.08. The standard InChI is InChI=1S/C10H11N3OS/c1-7-5-9(11)13-10(12-7)15-6-8-3-2-4-14-8/h2-5H,6H2,1H3,(H2,11,12,13). The number of rotatable bonds is 3. The molecule has 0 radical (unpaired) electrons. The third-order valence-corrected chi connectivity index (χ3v) is 2.65. The van der Waals surface area contributed by atoms with Gasteiger partial charge in [-0.2, -0.15) is 0 Å². The maximum absolute atomic E-state index is 5.62.